The van der Waals surface area contributed by atoms with Crippen LogP contribution in [0.5, 0.6) is 0 Å². The van der Waals surface area contributed by atoms with Crippen molar-refractivity contribution in [3.05, 3.63) is 29.3 Å². The number of unbranched alkanes of at least 4 members (excludes halogenated alkanes) is 4. The third kappa shape index (κ3) is 7.10. The van der Waals surface area contributed by atoms with E-state index >= 15 is 0 Å². The number of benzene rings is 1. The molecule has 3 unspecified atom stereocenters. The van der Waals surface area contributed by atoms with E-state index in [1.54, 1.807) is 6.92 Å². The van der Waals surface area contributed by atoms with Gasteiger partial charge in [0.05, 0.1) is 5.92 Å². The van der Waals surface area contributed by atoms with E-state index in [4.69, 9.17) is 0 Å². The molecule has 1 saturated carbocycles. The average Bonchev–Trinajstić information content (AvgIpc) is 2.86. The first-order chi connectivity index (χ1) is 17.6. The third-order valence-electron chi connectivity index (χ3n) is 8.73. The molecule has 1 heterocycles. The van der Waals surface area contributed by atoms with Crippen LogP contribution in [0.3, 0.4) is 0 Å². The van der Waals surface area contributed by atoms with E-state index < -0.39 is 5.92 Å². The highest BCUT2D eigenvalue weighted by molar-refractivity contribution is 7.99. The lowest BCUT2D eigenvalue weighted by Gasteiger charge is -2.33. The molecule has 1 saturated heterocycles. The summed E-state index contributed by atoms with van der Waals surface area (Å²) in [5.74, 6) is 0.170. The second kappa shape index (κ2) is 13.9. The number of hydrogen-bond acceptors (Lipinski definition) is 5. The van der Waals surface area contributed by atoms with Crippen molar-refractivity contribution in [2.45, 2.75) is 102 Å². The standard InChI is InChI=1S/C31H45NO3S/c1-23-28(33)18-17-26(30(23)34)27-16-15-24-25(31(27)35)13-12-14-29(24)36-22-11-7-3-6-10-21-32-19-8-4-2-5-9-20-32/h12-14,23,26-27H,2-11,15-22H2,1H3. The maximum Gasteiger partial charge on any atom is 0.166 e. The van der Waals surface area contributed by atoms with Gasteiger partial charge < -0.3 is 4.90 Å². The summed E-state index contributed by atoms with van der Waals surface area (Å²) in [6.45, 7) is 5.60. The van der Waals surface area contributed by atoms with Gasteiger partial charge in [-0.15, -0.1) is 11.8 Å². The predicted molar refractivity (Wildman–Crippen MR) is 148 cm³/mol. The lowest BCUT2D eigenvalue weighted by Crippen LogP contribution is -2.41. The van der Waals surface area contributed by atoms with Crippen LogP contribution in [0.15, 0.2) is 23.1 Å². The number of carbonyl (C=O) groups is 3. The van der Waals surface area contributed by atoms with Gasteiger partial charge in [0.2, 0.25) is 0 Å². The van der Waals surface area contributed by atoms with Gasteiger partial charge in [-0.3, -0.25) is 14.4 Å². The molecule has 198 valence electrons. The molecule has 0 aromatic heterocycles. The van der Waals surface area contributed by atoms with Gasteiger partial charge in [-0.25, -0.2) is 0 Å². The molecule has 3 atom stereocenters. The molecule has 5 heteroatoms. The van der Waals surface area contributed by atoms with Gasteiger partial charge in [0.1, 0.15) is 11.6 Å². The first-order valence-electron chi connectivity index (χ1n) is 14.6. The van der Waals surface area contributed by atoms with Crippen LogP contribution in [0.25, 0.3) is 0 Å². The lowest BCUT2D eigenvalue weighted by atomic mass is 9.68. The van der Waals surface area contributed by atoms with Crippen LogP contribution in [0, 0.1) is 17.8 Å². The van der Waals surface area contributed by atoms with Gasteiger partial charge in [-0.2, -0.15) is 0 Å². The molecule has 0 amide bonds. The van der Waals surface area contributed by atoms with Crippen LogP contribution in [0.2, 0.25) is 0 Å². The second-order valence-electron chi connectivity index (χ2n) is 11.3. The molecule has 3 aliphatic rings. The molecule has 4 nitrogen and oxygen atoms in total. The van der Waals surface area contributed by atoms with Crippen molar-refractivity contribution in [3.8, 4) is 0 Å². The third-order valence-corrected chi connectivity index (χ3v) is 9.91. The molecule has 1 aromatic carbocycles. The smallest absolute Gasteiger partial charge is 0.166 e. The minimum Gasteiger partial charge on any atom is -0.303 e. The summed E-state index contributed by atoms with van der Waals surface area (Å²) >= 11 is 1.89. The van der Waals surface area contributed by atoms with Crippen molar-refractivity contribution >= 4 is 29.1 Å². The Morgan fingerprint density at radius 1 is 0.833 bits per heavy atom. The zero-order chi connectivity index (χ0) is 25.3. The minimum absolute atomic E-state index is 0.0135. The Morgan fingerprint density at radius 2 is 1.53 bits per heavy atom. The number of ketones is 3. The number of fused-ring (bicyclic) bond motifs is 1. The highest BCUT2D eigenvalue weighted by atomic mass is 32.2. The quantitative estimate of drug-likeness (QED) is 0.194. The van der Waals surface area contributed by atoms with Crippen LogP contribution < -0.4 is 0 Å². The molecule has 0 spiro atoms. The molecule has 0 N–H and O–H groups in total. The number of thioether (sulfide) groups is 1. The van der Waals surface area contributed by atoms with E-state index in [-0.39, 0.29) is 29.2 Å². The number of hydrogen-bond donors (Lipinski definition) is 0. The number of Topliss-reactive ketones (excluding diaryl/α,β-unsaturated/α-hetero) is 3. The summed E-state index contributed by atoms with van der Waals surface area (Å²) in [6.07, 6.45) is 16.1. The Bertz CT molecular complexity index is 905. The monoisotopic (exact) mass is 511 g/mol. The number of likely N-dealkylation sites (tertiary alicyclic amines) is 1. The SMILES string of the molecule is CC1C(=O)CCC(C2CCc3c(SCCCCCCCN4CCCCCCC4)cccc3C2=O)C1=O. The molecule has 2 fully saturated rings. The second-order valence-corrected chi connectivity index (χ2v) is 12.4. The van der Waals surface area contributed by atoms with Gasteiger partial charge >= 0.3 is 0 Å². The molecule has 0 radical (unpaired) electrons. The summed E-state index contributed by atoms with van der Waals surface area (Å²) in [4.78, 5) is 42.0. The van der Waals surface area contributed by atoms with Crippen LogP contribution in [0.4, 0.5) is 0 Å². The van der Waals surface area contributed by atoms with Crippen molar-refractivity contribution in [2.75, 3.05) is 25.4 Å². The highest BCUT2D eigenvalue weighted by Gasteiger charge is 2.43. The van der Waals surface area contributed by atoms with E-state index in [1.807, 2.05) is 23.9 Å². The Kier molecular flexibility index (Phi) is 10.6. The summed E-state index contributed by atoms with van der Waals surface area (Å²) in [5.41, 5.74) is 2.00. The van der Waals surface area contributed by atoms with Crippen LogP contribution in [0.1, 0.15) is 106 Å². The Hall–Kier alpha value is -1.46. The van der Waals surface area contributed by atoms with E-state index in [0.29, 0.717) is 12.8 Å². The van der Waals surface area contributed by atoms with E-state index in [0.717, 1.165) is 24.2 Å². The molecule has 1 aromatic rings. The maximum absolute atomic E-state index is 13.4. The number of carbonyl (C=O) groups excluding carboxylic acids is 3. The molecule has 1 aliphatic heterocycles. The van der Waals surface area contributed by atoms with Crippen LogP contribution in [-0.4, -0.2) is 47.6 Å². The van der Waals surface area contributed by atoms with Gasteiger partial charge in [0.25, 0.3) is 0 Å². The van der Waals surface area contributed by atoms with Gasteiger partial charge in [0.15, 0.2) is 5.78 Å². The summed E-state index contributed by atoms with van der Waals surface area (Å²) in [7, 11) is 0. The van der Waals surface area contributed by atoms with Crippen molar-refractivity contribution in [1.29, 1.82) is 0 Å². The zero-order valence-electron chi connectivity index (χ0n) is 22.3. The number of rotatable bonds is 10. The molecule has 0 bridgehead atoms. The van der Waals surface area contributed by atoms with Crippen LogP contribution in [-0.2, 0) is 16.0 Å². The highest BCUT2D eigenvalue weighted by Crippen LogP contribution is 2.39. The summed E-state index contributed by atoms with van der Waals surface area (Å²) in [6, 6.07) is 6.11. The Morgan fingerprint density at radius 3 is 2.33 bits per heavy atom. The predicted octanol–water partition coefficient (Wildman–Crippen LogP) is 6.92. The molecule has 2 aliphatic carbocycles. The minimum atomic E-state index is -0.543. The maximum atomic E-state index is 13.4. The molecule has 4 rings (SSSR count). The van der Waals surface area contributed by atoms with E-state index in [2.05, 4.69) is 11.0 Å². The molecule has 36 heavy (non-hydrogen) atoms. The van der Waals surface area contributed by atoms with Gasteiger partial charge in [-0.1, -0.05) is 50.7 Å². The van der Waals surface area contributed by atoms with Crippen LogP contribution >= 0.6 is 11.8 Å². The van der Waals surface area contributed by atoms with Crippen molar-refractivity contribution in [3.63, 3.8) is 0 Å². The van der Waals surface area contributed by atoms with Gasteiger partial charge in [0, 0.05) is 28.7 Å². The number of nitrogens with zero attached hydrogens (tertiary/aromatic N) is 1. The average molecular weight is 512 g/mol. The summed E-state index contributed by atoms with van der Waals surface area (Å²) in [5, 5.41) is 0. The first kappa shape index (κ1) is 27.6. The van der Waals surface area contributed by atoms with E-state index in [1.165, 1.54) is 94.3 Å². The van der Waals surface area contributed by atoms with Crippen molar-refractivity contribution in [1.82, 2.24) is 4.90 Å². The Balaban J connectivity index is 1.18. The van der Waals surface area contributed by atoms with Gasteiger partial charge in [-0.05, 0) is 88.9 Å². The topological polar surface area (TPSA) is 54.5 Å². The first-order valence-corrected chi connectivity index (χ1v) is 15.6. The molecular weight excluding hydrogens is 466 g/mol. The zero-order valence-corrected chi connectivity index (χ0v) is 23.1. The fourth-order valence-electron chi connectivity index (χ4n) is 6.43. The Labute approximate surface area is 222 Å². The van der Waals surface area contributed by atoms with Crippen molar-refractivity contribution < 1.29 is 14.4 Å². The fraction of sp³-hybridized carbons (Fsp3) is 0.710. The summed E-state index contributed by atoms with van der Waals surface area (Å²) < 4.78 is 0. The normalized spacial score (nSPS) is 25.9. The fourth-order valence-corrected chi connectivity index (χ4v) is 7.56. The molecular formula is C31H45NO3S. The van der Waals surface area contributed by atoms with E-state index in [9.17, 15) is 14.4 Å². The largest absolute Gasteiger partial charge is 0.303 e. The van der Waals surface area contributed by atoms with Crippen molar-refractivity contribution in [2.24, 2.45) is 17.8 Å². The lowest BCUT2D eigenvalue weighted by molar-refractivity contribution is -0.139.